The maximum Gasteiger partial charge on any atom is 0.0705 e. The summed E-state index contributed by atoms with van der Waals surface area (Å²) in [5, 5.41) is 4.89. The highest BCUT2D eigenvalue weighted by molar-refractivity contribution is 5.81. The van der Waals surface area contributed by atoms with Crippen LogP contribution in [0.1, 0.15) is 33.3 Å². The van der Waals surface area contributed by atoms with E-state index in [1.807, 2.05) is 12.3 Å². The van der Waals surface area contributed by atoms with Gasteiger partial charge in [-0.05, 0) is 42.0 Å². The Labute approximate surface area is 122 Å². The third-order valence-electron chi connectivity index (χ3n) is 4.15. The number of pyridine rings is 1. The van der Waals surface area contributed by atoms with Crippen LogP contribution in [0.5, 0.6) is 0 Å². The molecule has 0 amide bonds. The first-order valence-corrected chi connectivity index (χ1v) is 7.63. The third-order valence-corrected chi connectivity index (χ3v) is 4.15. The van der Waals surface area contributed by atoms with Crippen molar-refractivity contribution in [3.63, 3.8) is 0 Å². The van der Waals surface area contributed by atoms with E-state index >= 15 is 0 Å². The van der Waals surface area contributed by atoms with Crippen molar-refractivity contribution in [1.82, 2.24) is 10.3 Å². The van der Waals surface area contributed by atoms with Crippen LogP contribution >= 0.6 is 0 Å². The Bertz CT molecular complexity index is 533. The van der Waals surface area contributed by atoms with Gasteiger partial charge in [-0.2, -0.15) is 0 Å². The minimum absolute atomic E-state index is 0.719. The molecule has 0 aliphatic carbocycles. The highest BCUT2D eigenvalue weighted by Crippen LogP contribution is 2.20. The van der Waals surface area contributed by atoms with Crippen molar-refractivity contribution >= 4 is 10.9 Å². The summed E-state index contributed by atoms with van der Waals surface area (Å²) in [6.45, 7) is 11.2. The van der Waals surface area contributed by atoms with Crippen LogP contribution in [0, 0.1) is 17.8 Å². The first-order valence-electron chi connectivity index (χ1n) is 7.63. The van der Waals surface area contributed by atoms with Crippen LogP contribution in [0.25, 0.3) is 10.9 Å². The molecular formula is C18H26N2. The largest absolute Gasteiger partial charge is 0.312 e. The first-order chi connectivity index (χ1) is 9.59. The van der Waals surface area contributed by atoms with Gasteiger partial charge in [-0.3, -0.25) is 4.98 Å². The molecular weight excluding hydrogens is 244 g/mol. The minimum atomic E-state index is 0.719. The van der Waals surface area contributed by atoms with Crippen LogP contribution in [0.2, 0.25) is 0 Å². The predicted molar refractivity (Wildman–Crippen MR) is 86.6 cm³/mol. The molecule has 0 bridgehead atoms. The number of hydrogen-bond acceptors (Lipinski definition) is 2. The average molecular weight is 270 g/mol. The molecule has 2 nitrogen and oxygen atoms in total. The second kappa shape index (κ2) is 6.85. The predicted octanol–water partition coefficient (Wildman–Crippen LogP) is 4.25. The lowest BCUT2D eigenvalue weighted by atomic mass is 9.85. The van der Waals surface area contributed by atoms with E-state index in [4.69, 9.17) is 0 Å². The number of rotatable bonds is 6. The van der Waals surface area contributed by atoms with Gasteiger partial charge >= 0.3 is 0 Å². The molecule has 2 rings (SSSR count). The summed E-state index contributed by atoms with van der Waals surface area (Å²) < 4.78 is 0. The Hall–Kier alpha value is -1.41. The van der Waals surface area contributed by atoms with Crippen LogP contribution in [0.3, 0.4) is 0 Å². The number of aromatic nitrogens is 1. The summed E-state index contributed by atoms with van der Waals surface area (Å²) in [6.07, 6.45) is 1.90. The molecule has 0 radical (unpaired) electrons. The van der Waals surface area contributed by atoms with E-state index < -0.39 is 0 Å². The Morgan fingerprint density at radius 3 is 2.40 bits per heavy atom. The third kappa shape index (κ3) is 3.57. The van der Waals surface area contributed by atoms with Gasteiger partial charge in [0.2, 0.25) is 0 Å². The zero-order valence-corrected chi connectivity index (χ0v) is 13.1. The van der Waals surface area contributed by atoms with Gasteiger partial charge in [-0.15, -0.1) is 0 Å². The van der Waals surface area contributed by atoms with E-state index in [2.05, 4.69) is 62.3 Å². The highest BCUT2D eigenvalue weighted by Gasteiger charge is 2.16. The Kier molecular flexibility index (Phi) is 5.13. The molecule has 20 heavy (non-hydrogen) atoms. The lowest BCUT2D eigenvalue weighted by molar-refractivity contribution is 0.275. The Morgan fingerprint density at radius 1 is 1.00 bits per heavy atom. The van der Waals surface area contributed by atoms with Gasteiger partial charge in [0.25, 0.3) is 0 Å². The SMILES string of the molecule is CC(C)C(CNCc1ccnc2ccccc12)C(C)C. The van der Waals surface area contributed by atoms with Crippen molar-refractivity contribution in [3.8, 4) is 0 Å². The van der Waals surface area contributed by atoms with Gasteiger partial charge < -0.3 is 5.32 Å². The van der Waals surface area contributed by atoms with Gasteiger partial charge in [0.15, 0.2) is 0 Å². The van der Waals surface area contributed by atoms with Gasteiger partial charge in [-0.25, -0.2) is 0 Å². The van der Waals surface area contributed by atoms with Crippen molar-refractivity contribution in [2.24, 2.45) is 17.8 Å². The van der Waals surface area contributed by atoms with Crippen LogP contribution in [0.15, 0.2) is 36.5 Å². The molecule has 0 spiro atoms. The quantitative estimate of drug-likeness (QED) is 0.848. The fraction of sp³-hybridized carbons (Fsp3) is 0.500. The van der Waals surface area contributed by atoms with Gasteiger partial charge in [0, 0.05) is 18.1 Å². The first kappa shape index (κ1) is 15.0. The zero-order chi connectivity index (χ0) is 14.5. The molecule has 0 saturated heterocycles. The van der Waals surface area contributed by atoms with Crippen molar-refractivity contribution in [3.05, 3.63) is 42.1 Å². The molecule has 1 aromatic heterocycles. The monoisotopic (exact) mass is 270 g/mol. The molecule has 108 valence electrons. The molecule has 1 aromatic carbocycles. The zero-order valence-electron chi connectivity index (χ0n) is 13.1. The van der Waals surface area contributed by atoms with Crippen molar-refractivity contribution in [1.29, 1.82) is 0 Å². The number of nitrogens with one attached hydrogen (secondary N) is 1. The number of fused-ring (bicyclic) bond motifs is 1. The molecule has 2 heteroatoms. The summed E-state index contributed by atoms with van der Waals surface area (Å²) in [5.41, 5.74) is 2.41. The summed E-state index contributed by atoms with van der Waals surface area (Å²) >= 11 is 0. The van der Waals surface area contributed by atoms with E-state index in [1.165, 1.54) is 10.9 Å². The normalized spacial score (nSPS) is 11.9. The summed E-state index contributed by atoms with van der Waals surface area (Å²) in [4.78, 5) is 4.41. The average Bonchev–Trinajstić information content (AvgIpc) is 2.42. The molecule has 0 unspecified atom stereocenters. The Morgan fingerprint density at radius 2 is 1.70 bits per heavy atom. The minimum Gasteiger partial charge on any atom is -0.312 e. The number of hydrogen-bond donors (Lipinski definition) is 1. The Balaban J connectivity index is 2.03. The molecule has 0 saturated carbocycles. The van der Waals surface area contributed by atoms with E-state index in [1.54, 1.807) is 0 Å². The van der Waals surface area contributed by atoms with Gasteiger partial charge in [0.1, 0.15) is 0 Å². The van der Waals surface area contributed by atoms with Gasteiger partial charge in [-0.1, -0.05) is 45.9 Å². The van der Waals surface area contributed by atoms with Crippen molar-refractivity contribution < 1.29 is 0 Å². The molecule has 0 aliphatic rings. The summed E-state index contributed by atoms with van der Waals surface area (Å²) in [7, 11) is 0. The summed E-state index contributed by atoms with van der Waals surface area (Å²) in [5.74, 6) is 2.16. The fourth-order valence-electron chi connectivity index (χ4n) is 2.92. The van der Waals surface area contributed by atoms with E-state index in [-0.39, 0.29) is 0 Å². The maximum atomic E-state index is 4.41. The molecule has 0 aliphatic heterocycles. The van der Waals surface area contributed by atoms with Crippen LogP contribution < -0.4 is 5.32 Å². The molecule has 2 aromatic rings. The standard InChI is InChI=1S/C18H26N2/c1-13(2)17(14(3)4)12-19-11-15-9-10-20-18-8-6-5-7-16(15)18/h5-10,13-14,17,19H,11-12H2,1-4H3. The second-order valence-electron chi connectivity index (χ2n) is 6.27. The van der Waals surface area contributed by atoms with E-state index in [0.717, 1.165) is 36.4 Å². The number of benzene rings is 1. The van der Waals surface area contributed by atoms with E-state index in [9.17, 15) is 0 Å². The second-order valence-corrected chi connectivity index (χ2v) is 6.27. The van der Waals surface area contributed by atoms with Gasteiger partial charge in [0.05, 0.1) is 5.52 Å². The number of nitrogens with zero attached hydrogens (tertiary/aromatic N) is 1. The van der Waals surface area contributed by atoms with Crippen LogP contribution in [-0.2, 0) is 6.54 Å². The smallest absolute Gasteiger partial charge is 0.0705 e. The van der Waals surface area contributed by atoms with Crippen LogP contribution in [0.4, 0.5) is 0 Å². The molecule has 1 heterocycles. The molecule has 0 fully saturated rings. The summed E-state index contributed by atoms with van der Waals surface area (Å²) in [6, 6.07) is 10.5. The van der Waals surface area contributed by atoms with E-state index in [0.29, 0.717) is 0 Å². The fourth-order valence-corrected chi connectivity index (χ4v) is 2.92. The highest BCUT2D eigenvalue weighted by atomic mass is 14.9. The van der Waals surface area contributed by atoms with Crippen molar-refractivity contribution in [2.75, 3.05) is 6.54 Å². The van der Waals surface area contributed by atoms with Crippen LogP contribution in [-0.4, -0.2) is 11.5 Å². The molecule has 1 N–H and O–H groups in total. The topological polar surface area (TPSA) is 24.9 Å². The van der Waals surface area contributed by atoms with Crippen molar-refractivity contribution in [2.45, 2.75) is 34.2 Å². The lowest BCUT2D eigenvalue weighted by Crippen LogP contribution is -2.29. The lowest BCUT2D eigenvalue weighted by Gasteiger charge is -2.25. The maximum absolute atomic E-state index is 4.41. The molecule has 0 atom stereocenters. The number of para-hydroxylation sites is 1.